The molecule has 2 aliphatic carbocycles. The molecule has 3 aromatic carbocycles. The Kier molecular flexibility index (Phi) is 9.46. The maximum atomic E-state index is 13.7. The van der Waals surface area contributed by atoms with Gasteiger partial charge in [-0.2, -0.15) is 0 Å². The number of rotatable bonds is 13. The number of aryl methyl sites for hydroxylation is 2. The number of thiophene rings is 2. The van der Waals surface area contributed by atoms with Gasteiger partial charge in [-0.05, 0) is 114 Å². The van der Waals surface area contributed by atoms with Crippen LogP contribution in [0.5, 0.6) is 5.75 Å². The molecule has 298 valence electrons. The van der Waals surface area contributed by atoms with Crippen molar-refractivity contribution in [2.45, 2.75) is 69.4 Å². The van der Waals surface area contributed by atoms with Crippen LogP contribution in [0.1, 0.15) is 63.8 Å². The van der Waals surface area contributed by atoms with E-state index in [1.807, 2.05) is 41.8 Å². The van der Waals surface area contributed by atoms with Gasteiger partial charge in [-0.15, -0.1) is 27.8 Å². The van der Waals surface area contributed by atoms with E-state index in [0.29, 0.717) is 39.3 Å². The molecule has 0 amide bonds. The summed E-state index contributed by atoms with van der Waals surface area (Å²) in [4.78, 5) is 31.8. The molecule has 12 nitrogen and oxygen atoms in total. The number of pyridine rings is 1. The minimum absolute atomic E-state index is 0.0311. The number of aliphatic hydroxyl groups excluding tert-OH is 1. The number of hydrogen-bond donors (Lipinski definition) is 5. The molecule has 4 aromatic heterocycles. The number of nitrogens with zero attached hydrogens (tertiary/aromatic N) is 4. The van der Waals surface area contributed by atoms with E-state index in [0.717, 1.165) is 85.8 Å². The zero-order valence-electron chi connectivity index (χ0n) is 31.8. The lowest BCUT2D eigenvalue weighted by Crippen LogP contribution is -2.64. The third-order valence-corrected chi connectivity index (χ3v) is 14.6. The van der Waals surface area contributed by atoms with Gasteiger partial charge in [0, 0.05) is 54.3 Å². The van der Waals surface area contributed by atoms with Gasteiger partial charge in [0.05, 0.1) is 26.9 Å². The Morgan fingerprint density at radius 1 is 1.03 bits per heavy atom. The van der Waals surface area contributed by atoms with Gasteiger partial charge in [-0.1, -0.05) is 35.5 Å². The van der Waals surface area contributed by atoms with Gasteiger partial charge in [0.1, 0.15) is 17.4 Å². The first-order chi connectivity index (χ1) is 28.2. The maximum Gasteiger partial charge on any atom is 0.349 e. The number of aliphatic hydroxyl groups is 2. The van der Waals surface area contributed by atoms with Gasteiger partial charge >= 0.3 is 5.97 Å². The molecule has 1 saturated heterocycles. The smallest absolute Gasteiger partial charge is 0.349 e. The number of hydrogen-bond acceptors (Lipinski definition) is 12. The van der Waals surface area contributed by atoms with E-state index < -0.39 is 17.7 Å². The first kappa shape index (κ1) is 37.3. The quantitative estimate of drug-likeness (QED) is 0.0886. The highest BCUT2D eigenvalue weighted by Crippen LogP contribution is 2.51. The second kappa shape index (κ2) is 14.7. The molecule has 1 spiro atoms. The maximum absolute atomic E-state index is 13.7. The van der Waals surface area contributed by atoms with E-state index in [4.69, 9.17) is 4.74 Å². The minimum Gasteiger partial charge on any atom is -0.506 e. The molecule has 1 saturated carbocycles. The van der Waals surface area contributed by atoms with Gasteiger partial charge in [0.15, 0.2) is 0 Å². The molecule has 2 atom stereocenters. The van der Waals surface area contributed by atoms with E-state index in [-0.39, 0.29) is 22.8 Å². The number of esters is 1. The lowest BCUT2D eigenvalue weighted by molar-refractivity contribution is -0.191. The molecule has 14 heteroatoms. The van der Waals surface area contributed by atoms with Crippen LogP contribution in [0, 0.1) is 5.41 Å². The highest BCUT2D eigenvalue weighted by molar-refractivity contribution is 7.19. The Morgan fingerprint density at radius 3 is 2.71 bits per heavy atom. The highest BCUT2D eigenvalue weighted by atomic mass is 32.1. The molecule has 5 N–H and O–H groups in total. The van der Waals surface area contributed by atoms with Crippen LogP contribution < -0.4 is 10.9 Å². The Morgan fingerprint density at radius 2 is 1.88 bits per heavy atom. The number of benzene rings is 3. The van der Waals surface area contributed by atoms with Crippen molar-refractivity contribution in [2.75, 3.05) is 26.2 Å². The standard InChI is InChI=1S/C44H44N6O6S2/c51-34-13-11-30(31-12-14-39(53)46-40(31)34)35(52)23-45-22-27-18-33-41(32-8-3-7-29(27)32)50(48-47-33)16-5-15-49-24-43(25-49)20-28(21-43)56-42(54)44(55,37-10-4-17-57-37)38-19-26-6-1-2-9-36(26)58-38/h1-2,4,6,9-14,17-19,28,35,45,51-52,55H,3,5,7-8,15-16,20-25H2,(H,46,53)/t35-,44?/m0/s1. The van der Waals surface area contributed by atoms with Crippen LogP contribution in [0.15, 0.2) is 83.0 Å². The molecule has 3 aliphatic rings. The summed E-state index contributed by atoms with van der Waals surface area (Å²) >= 11 is 2.80. The number of aromatic amines is 1. The van der Waals surface area contributed by atoms with Crippen LogP contribution in [-0.2, 0) is 41.1 Å². The first-order valence-electron chi connectivity index (χ1n) is 20.0. The zero-order valence-corrected chi connectivity index (χ0v) is 33.5. The summed E-state index contributed by atoms with van der Waals surface area (Å²) in [5.74, 6) is -0.623. The van der Waals surface area contributed by atoms with Crippen molar-refractivity contribution in [1.82, 2.24) is 30.2 Å². The number of likely N-dealkylation sites (tertiary alicyclic amines) is 1. The number of ether oxygens (including phenoxy) is 1. The van der Waals surface area contributed by atoms with Crippen LogP contribution >= 0.6 is 22.7 Å². The first-order valence-corrected chi connectivity index (χ1v) is 21.7. The van der Waals surface area contributed by atoms with Crippen LogP contribution in [0.25, 0.3) is 32.0 Å². The molecule has 0 radical (unpaired) electrons. The topological polar surface area (TPSA) is 166 Å². The van der Waals surface area contributed by atoms with Crippen molar-refractivity contribution >= 4 is 60.7 Å². The summed E-state index contributed by atoms with van der Waals surface area (Å²) in [5.41, 5.74) is 4.84. The minimum atomic E-state index is -1.82. The fourth-order valence-electron chi connectivity index (χ4n) is 9.62. The van der Waals surface area contributed by atoms with E-state index in [1.54, 1.807) is 18.2 Å². The van der Waals surface area contributed by atoms with Crippen molar-refractivity contribution in [3.05, 3.63) is 121 Å². The van der Waals surface area contributed by atoms with Gasteiger partial charge in [0.25, 0.3) is 0 Å². The predicted octanol–water partition coefficient (Wildman–Crippen LogP) is 5.90. The molecule has 0 bridgehead atoms. The second-order valence-electron chi connectivity index (χ2n) is 16.3. The summed E-state index contributed by atoms with van der Waals surface area (Å²) in [6, 6.07) is 21.8. The third kappa shape index (κ3) is 6.52. The molecule has 5 heterocycles. The number of phenolic OH excluding ortho intramolecular Hbond substituents is 1. The third-order valence-electron chi connectivity index (χ3n) is 12.4. The molecule has 58 heavy (non-hydrogen) atoms. The van der Waals surface area contributed by atoms with Crippen LogP contribution in [0.4, 0.5) is 0 Å². The van der Waals surface area contributed by atoms with E-state index in [1.165, 1.54) is 51.5 Å². The summed E-state index contributed by atoms with van der Waals surface area (Å²) in [5, 5.41) is 49.3. The van der Waals surface area contributed by atoms with Crippen molar-refractivity contribution in [2.24, 2.45) is 5.41 Å². The van der Waals surface area contributed by atoms with Gasteiger partial charge in [-0.3, -0.25) is 4.79 Å². The SMILES string of the molecule is O=C(OC1CC2(C1)CN(CCCn1nnc3cc(CNC[C@H](O)c4ccc(O)c5[nH]c(=O)ccc45)c4c(c31)CCC4)C2)C(O)(c1cccs1)c1cc2ccccc2s1. The number of fused-ring (bicyclic) bond motifs is 5. The number of carbonyl (C=O) groups excluding carboxylic acids is 1. The van der Waals surface area contributed by atoms with Crippen molar-refractivity contribution in [1.29, 1.82) is 0 Å². The van der Waals surface area contributed by atoms with E-state index in [2.05, 4.69) is 36.3 Å². The summed E-state index contributed by atoms with van der Waals surface area (Å²) in [6.45, 7) is 4.57. The molecule has 10 rings (SSSR count). The van der Waals surface area contributed by atoms with Crippen LogP contribution in [0.2, 0.25) is 0 Å². The number of nitrogens with one attached hydrogen (secondary N) is 2. The Labute approximate surface area is 341 Å². The average molecular weight is 817 g/mol. The normalized spacial score (nSPS) is 18.0. The Balaban J connectivity index is 0.724. The van der Waals surface area contributed by atoms with Crippen molar-refractivity contribution < 1.29 is 24.9 Å². The van der Waals surface area contributed by atoms with Gasteiger partial charge < -0.3 is 35.3 Å². The van der Waals surface area contributed by atoms with Gasteiger partial charge in [-0.25, -0.2) is 9.48 Å². The summed E-state index contributed by atoms with van der Waals surface area (Å²) < 4.78 is 9.13. The number of phenols is 1. The molecule has 1 aliphatic heterocycles. The Hall–Kier alpha value is -4.96. The van der Waals surface area contributed by atoms with E-state index in [9.17, 15) is 24.9 Å². The largest absolute Gasteiger partial charge is 0.506 e. The molecular formula is C44H44N6O6S2. The van der Waals surface area contributed by atoms with Crippen LogP contribution in [-0.4, -0.2) is 78.4 Å². The average Bonchev–Trinajstić information content (AvgIpc) is 4.03. The van der Waals surface area contributed by atoms with Crippen molar-refractivity contribution in [3.63, 3.8) is 0 Å². The lowest BCUT2D eigenvalue weighted by atomic mass is 9.61. The fourth-order valence-corrected chi connectivity index (χ4v) is 11.7. The number of H-pyrrole nitrogens is 1. The zero-order chi connectivity index (χ0) is 39.6. The molecule has 7 aromatic rings. The predicted molar refractivity (Wildman–Crippen MR) is 224 cm³/mol. The Bertz CT molecular complexity index is 2700. The van der Waals surface area contributed by atoms with Gasteiger partial charge in [0.2, 0.25) is 11.2 Å². The van der Waals surface area contributed by atoms with E-state index >= 15 is 0 Å². The summed E-state index contributed by atoms with van der Waals surface area (Å²) in [7, 11) is 0. The monoisotopic (exact) mass is 816 g/mol. The molecule has 1 unspecified atom stereocenters. The number of aromatic nitrogens is 4. The lowest BCUT2D eigenvalue weighted by Gasteiger charge is -2.58. The second-order valence-corrected chi connectivity index (χ2v) is 18.3. The molecular weight excluding hydrogens is 773 g/mol. The number of carbonyl (C=O) groups is 1. The van der Waals surface area contributed by atoms with Crippen molar-refractivity contribution in [3.8, 4) is 5.75 Å². The summed E-state index contributed by atoms with van der Waals surface area (Å²) in [6.07, 6.45) is 4.61. The highest BCUT2D eigenvalue weighted by Gasteiger charge is 2.55. The van der Waals surface area contributed by atoms with Crippen LogP contribution in [0.3, 0.4) is 0 Å². The number of aromatic hydroxyl groups is 1. The molecule has 2 fully saturated rings. The fraction of sp³-hybridized carbons (Fsp3) is 0.364.